The van der Waals surface area contributed by atoms with Gasteiger partial charge in [-0.15, -0.1) is 0 Å². The zero-order chi connectivity index (χ0) is 31.0. The summed E-state index contributed by atoms with van der Waals surface area (Å²) in [7, 11) is 0. The molecule has 1 aromatic rings. The molecular formula is C34H44ClNO6. The summed E-state index contributed by atoms with van der Waals surface area (Å²) in [6, 6.07) is 6.89. The lowest BCUT2D eigenvalue weighted by Gasteiger charge is -2.58. The van der Waals surface area contributed by atoms with Crippen molar-refractivity contribution in [3.63, 3.8) is 0 Å². The number of Topliss-reactive ketones (excluding diaryl/α,β-unsaturated/α-hetero) is 1. The Morgan fingerprint density at radius 2 is 1.74 bits per heavy atom. The van der Waals surface area contributed by atoms with Crippen molar-refractivity contribution < 1.29 is 28.7 Å². The minimum atomic E-state index is -0.990. The van der Waals surface area contributed by atoms with E-state index in [1.807, 2.05) is 6.08 Å². The number of esters is 1. The van der Waals surface area contributed by atoms with Crippen LogP contribution in [0.1, 0.15) is 87.0 Å². The van der Waals surface area contributed by atoms with E-state index in [0.717, 1.165) is 25.7 Å². The topological polar surface area (TPSA) is 98.8 Å². The van der Waals surface area contributed by atoms with Crippen molar-refractivity contribution in [3.8, 4) is 0 Å². The Morgan fingerprint density at radius 1 is 1.05 bits per heavy atom. The second kappa shape index (κ2) is 12.0. The SMILES string of the molecule is CC(=O)OC1(C(C)=O)CCC2C3C=C(C)C4=CC(=O)CCC4(C)C3CCC21C.CC(C)OC(=O)Nc1cccc(Cl)c1. The fourth-order valence-corrected chi connectivity index (χ4v) is 8.60. The number of halogens is 1. The largest absolute Gasteiger partial charge is 0.451 e. The van der Waals surface area contributed by atoms with E-state index in [1.165, 1.54) is 18.1 Å². The zero-order valence-electron chi connectivity index (χ0n) is 25.8. The maximum absolute atomic E-state index is 12.8. The Bertz CT molecular complexity index is 1330. The molecule has 7 nitrogen and oxygen atoms in total. The minimum absolute atomic E-state index is 0.0160. The van der Waals surface area contributed by atoms with Crippen LogP contribution in [0.25, 0.3) is 0 Å². The monoisotopic (exact) mass is 597 g/mol. The number of carbonyl (C=O) groups is 4. The number of amides is 1. The first-order valence-corrected chi connectivity index (χ1v) is 15.4. The van der Waals surface area contributed by atoms with Crippen molar-refractivity contribution >= 4 is 40.9 Å². The van der Waals surface area contributed by atoms with Gasteiger partial charge in [0.2, 0.25) is 0 Å². The van der Waals surface area contributed by atoms with E-state index in [9.17, 15) is 19.2 Å². The van der Waals surface area contributed by atoms with E-state index in [0.29, 0.717) is 41.3 Å². The predicted molar refractivity (Wildman–Crippen MR) is 163 cm³/mol. The highest BCUT2D eigenvalue weighted by Gasteiger charge is 2.67. The molecule has 6 atom stereocenters. The smallest absolute Gasteiger partial charge is 0.411 e. The number of hydrogen-bond acceptors (Lipinski definition) is 6. The number of ketones is 2. The van der Waals surface area contributed by atoms with E-state index in [-0.39, 0.29) is 34.5 Å². The Balaban J connectivity index is 0.000000244. The molecule has 4 aliphatic rings. The molecule has 1 amide bonds. The first-order valence-electron chi connectivity index (χ1n) is 15.0. The van der Waals surface area contributed by atoms with Gasteiger partial charge in [0.1, 0.15) is 0 Å². The molecule has 228 valence electrons. The number of nitrogens with one attached hydrogen (secondary N) is 1. The summed E-state index contributed by atoms with van der Waals surface area (Å²) in [6.07, 6.45) is 8.60. The minimum Gasteiger partial charge on any atom is -0.451 e. The standard InChI is InChI=1S/C24H32O4.C10H12ClNO2/c1-14-12-18-19(22(4)9-6-17(27)13-21(14)22)7-10-23(5)20(18)8-11-24(23,15(2)25)28-16(3)26;1-7(2)14-10(13)12-9-5-3-4-8(11)6-9/h12-13,18-20H,6-11H2,1-5H3;3-7H,1-2H3,(H,12,13). The average molecular weight is 598 g/mol. The molecule has 8 heteroatoms. The number of rotatable bonds is 4. The van der Waals surface area contributed by atoms with Crippen LogP contribution in [0.4, 0.5) is 10.5 Å². The van der Waals surface area contributed by atoms with E-state index in [2.05, 4.69) is 32.2 Å². The summed E-state index contributed by atoms with van der Waals surface area (Å²) < 4.78 is 10.7. The van der Waals surface area contributed by atoms with Crippen molar-refractivity contribution in [2.24, 2.45) is 28.6 Å². The summed E-state index contributed by atoms with van der Waals surface area (Å²) in [5.41, 5.74) is 1.78. The summed E-state index contributed by atoms with van der Waals surface area (Å²) in [4.78, 5) is 47.9. The van der Waals surface area contributed by atoms with Crippen LogP contribution in [0.3, 0.4) is 0 Å². The second-order valence-corrected chi connectivity index (χ2v) is 13.6. The van der Waals surface area contributed by atoms with Crippen molar-refractivity contribution in [3.05, 3.63) is 52.6 Å². The number of benzene rings is 1. The van der Waals surface area contributed by atoms with Gasteiger partial charge in [-0.3, -0.25) is 19.7 Å². The van der Waals surface area contributed by atoms with Gasteiger partial charge in [-0.05, 0) is 113 Å². The summed E-state index contributed by atoms with van der Waals surface area (Å²) in [5, 5.41) is 3.14. The van der Waals surface area contributed by atoms with Crippen LogP contribution in [-0.2, 0) is 23.9 Å². The lowest BCUT2D eigenvalue weighted by molar-refractivity contribution is -0.185. The molecule has 2 fully saturated rings. The molecule has 0 aromatic heterocycles. The van der Waals surface area contributed by atoms with Crippen molar-refractivity contribution in [2.75, 3.05) is 5.32 Å². The molecule has 0 aliphatic heterocycles. The van der Waals surface area contributed by atoms with Crippen LogP contribution < -0.4 is 5.32 Å². The van der Waals surface area contributed by atoms with Gasteiger partial charge < -0.3 is 9.47 Å². The number of anilines is 1. The maximum atomic E-state index is 12.8. The van der Waals surface area contributed by atoms with Crippen LogP contribution in [0.15, 0.2) is 47.6 Å². The number of carbonyl (C=O) groups excluding carboxylic acids is 4. The van der Waals surface area contributed by atoms with Crippen LogP contribution in [-0.4, -0.2) is 35.3 Å². The number of ether oxygens (including phenoxy) is 2. The Kier molecular flexibility index (Phi) is 9.13. The lowest BCUT2D eigenvalue weighted by Crippen LogP contribution is -2.58. The van der Waals surface area contributed by atoms with E-state index in [1.54, 1.807) is 45.0 Å². The quantitative estimate of drug-likeness (QED) is 0.355. The van der Waals surface area contributed by atoms with Gasteiger partial charge in [-0.2, -0.15) is 0 Å². The van der Waals surface area contributed by atoms with Gasteiger partial charge in [0.25, 0.3) is 0 Å². The van der Waals surface area contributed by atoms with Gasteiger partial charge in [-0.25, -0.2) is 4.79 Å². The molecule has 2 saturated carbocycles. The average Bonchev–Trinajstić information content (AvgIpc) is 3.18. The van der Waals surface area contributed by atoms with Crippen molar-refractivity contribution in [2.45, 2.75) is 98.7 Å². The van der Waals surface area contributed by atoms with Crippen molar-refractivity contribution in [1.82, 2.24) is 0 Å². The predicted octanol–water partition coefficient (Wildman–Crippen LogP) is 7.87. The molecule has 0 saturated heterocycles. The fraction of sp³-hybridized carbons (Fsp3) is 0.588. The third kappa shape index (κ3) is 5.82. The maximum Gasteiger partial charge on any atom is 0.411 e. The molecule has 1 aromatic carbocycles. The highest BCUT2D eigenvalue weighted by atomic mass is 35.5. The van der Waals surface area contributed by atoms with Gasteiger partial charge in [0, 0.05) is 29.5 Å². The van der Waals surface area contributed by atoms with Crippen molar-refractivity contribution in [1.29, 1.82) is 0 Å². The molecule has 0 heterocycles. The molecule has 42 heavy (non-hydrogen) atoms. The van der Waals surface area contributed by atoms with E-state index >= 15 is 0 Å². The van der Waals surface area contributed by atoms with E-state index in [4.69, 9.17) is 21.1 Å². The molecule has 5 rings (SSSR count). The Labute approximate surface area is 254 Å². The number of hydrogen-bond donors (Lipinski definition) is 1. The first-order chi connectivity index (χ1) is 19.6. The van der Waals surface area contributed by atoms with E-state index < -0.39 is 11.7 Å². The fourth-order valence-electron chi connectivity index (χ4n) is 8.40. The summed E-state index contributed by atoms with van der Waals surface area (Å²) in [5.74, 6) is 1.03. The third-order valence-corrected chi connectivity index (χ3v) is 10.5. The molecule has 0 spiro atoms. The summed E-state index contributed by atoms with van der Waals surface area (Å²) in [6.45, 7) is 13.2. The molecule has 4 aliphatic carbocycles. The molecule has 0 radical (unpaired) electrons. The van der Waals surface area contributed by atoms with Gasteiger partial charge in [-0.1, -0.05) is 43.2 Å². The highest BCUT2D eigenvalue weighted by molar-refractivity contribution is 6.30. The first kappa shape index (κ1) is 32.0. The molecular weight excluding hydrogens is 554 g/mol. The third-order valence-electron chi connectivity index (χ3n) is 10.2. The molecule has 0 bridgehead atoms. The zero-order valence-corrected chi connectivity index (χ0v) is 26.6. The molecule has 6 unspecified atom stereocenters. The van der Waals surface area contributed by atoms with Crippen LogP contribution in [0.5, 0.6) is 0 Å². The second-order valence-electron chi connectivity index (χ2n) is 13.1. The highest BCUT2D eigenvalue weighted by Crippen LogP contribution is 2.67. The van der Waals surface area contributed by atoms with Gasteiger partial charge >= 0.3 is 12.1 Å². The number of allylic oxidation sites excluding steroid dienone is 4. The van der Waals surface area contributed by atoms with Crippen LogP contribution in [0, 0.1) is 28.6 Å². The number of fused-ring (bicyclic) bond motifs is 5. The van der Waals surface area contributed by atoms with Crippen LogP contribution in [0.2, 0.25) is 5.02 Å². The molecule has 1 N–H and O–H groups in total. The lowest BCUT2D eigenvalue weighted by atomic mass is 9.47. The Morgan fingerprint density at radius 3 is 2.36 bits per heavy atom. The normalized spacial score (nSPS) is 33.1. The Hall–Kier alpha value is -2.93. The van der Waals surface area contributed by atoms with Gasteiger partial charge in [0.15, 0.2) is 17.2 Å². The van der Waals surface area contributed by atoms with Crippen LogP contribution >= 0.6 is 11.6 Å². The van der Waals surface area contributed by atoms with Gasteiger partial charge in [0.05, 0.1) is 6.10 Å². The summed E-state index contributed by atoms with van der Waals surface area (Å²) >= 11 is 5.74.